The van der Waals surface area contributed by atoms with Crippen molar-refractivity contribution < 1.29 is 4.42 Å². The van der Waals surface area contributed by atoms with Crippen LogP contribution in [0.5, 0.6) is 0 Å². The molecular formula is C12H7I2NO. The topological polar surface area (TPSA) is 36.9 Å². The number of benzene rings is 1. The molecule has 0 spiro atoms. The molecule has 0 bridgehead atoms. The molecule has 2 aromatic rings. The maximum absolute atomic E-state index is 9.01. The van der Waals surface area contributed by atoms with Crippen molar-refractivity contribution in [2.24, 2.45) is 0 Å². The van der Waals surface area contributed by atoms with Gasteiger partial charge >= 0.3 is 0 Å². The van der Waals surface area contributed by atoms with Gasteiger partial charge < -0.3 is 4.42 Å². The van der Waals surface area contributed by atoms with Crippen molar-refractivity contribution in [3.63, 3.8) is 0 Å². The predicted molar refractivity (Wildman–Crippen MR) is 79.0 cm³/mol. The molecule has 80 valence electrons. The van der Waals surface area contributed by atoms with Crippen LogP contribution in [0, 0.1) is 25.4 Å². The lowest BCUT2D eigenvalue weighted by Gasteiger charge is -2.09. The number of halogens is 2. The second-order valence-electron chi connectivity index (χ2n) is 3.31. The molecule has 0 amide bonds. The molecule has 0 unspecified atom stereocenters. The molecule has 0 aliphatic heterocycles. The van der Waals surface area contributed by atoms with Crippen LogP contribution in [-0.4, -0.2) is 0 Å². The van der Waals surface area contributed by atoms with Gasteiger partial charge in [-0.05, 0) is 75.9 Å². The lowest BCUT2D eigenvalue weighted by Crippen LogP contribution is -1.94. The van der Waals surface area contributed by atoms with Gasteiger partial charge in [-0.25, -0.2) is 0 Å². The Bertz CT molecular complexity index is 568. The van der Waals surface area contributed by atoms with Crippen molar-refractivity contribution in [3.05, 3.63) is 42.7 Å². The van der Waals surface area contributed by atoms with Crippen LogP contribution in [0.1, 0.15) is 11.1 Å². The first-order valence-corrected chi connectivity index (χ1v) is 6.73. The van der Waals surface area contributed by atoms with Gasteiger partial charge in [0.05, 0.1) is 17.9 Å². The molecular weight excluding hydrogens is 428 g/mol. The van der Waals surface area contributed by atoms with E-state index in [1.54, 1.807) is 6.26 Å². The molecule has 2 nitrogen and oxygen atoms in total. The Morgan fingerprint density at radius 1 is 1.38 bits per heavy atom. The van der Waals surface area contributed by atoms with Gasteiger partial charge in [0.25, 0.3) is 0 Å². The van der Waals surface area contributed by atoms with Crippen molar-refractivity contribution in [2.75, 3.05) is 0 Å². The van der Waals surface area contributed by atoms with Crippen molar-refractivity contribution >= 4 is 45.2 Å². The van der Waals surface area contributed by atoms with E-state index in [9.17, 15) is 0 Å². The monoisotopic (exact) mass is 435 g/mol. The third-order valence-corrected chi connectivity index (χ3v) is 4.55. The highest BCUT2D eigenvalue weighted by atomic mass is 127. The fourth-order valence-electron chi connectivity index (χ4n) is 1.48. The molecule has 0 saturated carbocycles. The number of nitrogens with zero attached hydrogens (tertiary/aromatic N) is 1. The number of hydrogen-bond acceptors (Lipinski definition) is 2. The number of nitriles is 1. The maximum Gasteiger partial charge on any atom is 0.135 e. The third kappa shape index (κ3) is 1.98. The maximum atomic E-state index is 9.01. The molecule has 0 saturated heterocycles. The smallest absolute Gasteiger partial charge is 0.135 e. The van der Waals surface area contributed by atoms with Gasteiger partial charge in [-0.3, -0.25) is 0 Å². The van der Waals surface area contributed by atoms with Gasteiger partial charge in [-0.2, -0.15) is 5.26 Å². The SMILES string of the molecule is Cc1c(C#N)cc(I)c(-c2ccco2)c1I. The lowest BCUT2D eigenvalue weighted by molar-refractivity contribution is 0.581. The highest BCUT2D eigenvalue weighted by molar-refractivity contribution is 14.1. The minimum atomic E-state index is 0.726. The van der Waals surface area contributed by atoms with Crippen LogP contribution >= 0.6 is 45.2 Å². The first-order valence-electron chi connectivity index (χ1n) is 4.57. The molecule has 0 radical (unpaired) electrons. The van der Waals surface area contributed by atoms with Gasteiger partial charge in [0.15, 0.2) is 0 Å². The summed E-state index contributed by atoms with van der Waals surface area (Å²) in [5.74, 6) is 0.849. The summed E-state index contributed by atoms with van der Waals surface area (Å²) in [7, 11) is 0. The van der Waals surface area contributed by atoms with E-state index in [0.29, 0.717) is 0 Å². The van der Waals surface area contributed by atoms with Crippen molar-refractivity contribution in [1.29, 1.82) is 5.26 Å². The van der Waals surface area contributed by atoms with Crippen LogP contribution in [-0.2, 0) is 0 Å². The van der Waals surface area contributed by atoms with Gasteiger partial charge in [0, 0.05) is 12.7 Å². The first kappa shape index (κ1) is 11.9. The average Bonchev–Trinajstić information content (AvgIpc) is 2.77. The Morgan fingerprint density at radius 2 is 2.12 bits per heavy atom. The first-order chi connectivity index (χ1) is 7.65. The number of hydrogen-bond donors (Lipinski definition) is 0. The summed E-state index contributed by atoms with van der Waals surface area (Å²) in [5, 5.41) is 9.01. The van der Waals surface area contributed by atoms with Gasteiger partial charge in [0.2, 0.25) is 0 Å². The molecule has 4 heteroatoms. The molecule has 16 heavy (non-hydrogen) atoms. The minimum absolute atomic E-state index is 0.726. The molecule has 2 rings (SSSR count). The molecule has 0 aliphatic rings. The molecule has 1 aromatic carbocycles. The fraction of sp³-hybridized carbons (Fsp3) is 0.0833. The quantitative estimate of drug-likeness (QED) is 0.626. The second kappa shape index (κ2) is 4.75. The summed E-state index contributed by atoms with van der Waals surface area (Å²) in [6.45, 7) is 1.96. The molecule has 0 aliphatic carbocycles. The zero-order valence-electron chi connectivity index (χ0n) is 8.42. The largest absolute Gasteiger partial charge is 0.464 e. The number of rotatable bonds is 1. The van der Waals surface area contributed by atoms with Gasteiger partial charge in [-0.15, -0.1) is 0 Å². The zero-order chi connectivity index (χ0) is 11.7. The Kier molecular flexibility index (Phi) is 3.54. The van der Waals surface area contributed by atoms with E-state index in [1.165, 1.54) is 0 Å². The lowest BCUT2D eigenvalue weighted by atomic mass is 10.0. The van der Waals surface area contributed by atoms with Crippen molar-refractivity contribution in [3.8, 4) is 17.4 Å². The Morgan fingerprint density at radius 3 is 2.69 bits per heavy atom. The summed E-state index contributed by atoms with van der Waals surface area (Å²) >= 11 is 4.50. The highest BCUT2D eigenvalue weighted by Gasteiger charge is 2.15. The van der Waals surface area contributed by atoms with E-state index in [-0.39, 0.29) is 0 Å². The van der Waals surface area contributed by atoms with E-state index < -0.39 is 0 Å². The van der Waals surface area contributed by atoms with Gasteiger partial charge in [0.1, 0.15) is 5.76 Å². The molecule has 1 heterocycles. The van der Waals surface area contributed by atoms with Crippen LogP contribution < -0.4 is 0 Å². The van der Waals surface area contributed by atoms with Crippen LogP contribution in [0.3, 0.4) is 0 Å². The molecule has 1 aromatic heterocycles. The summed E-state index contributed by atoms with van der Waals surface area (Å²) in [5.41, 5.74) is 2.81. The minimum Gasteiger partial charge on any atom is -0.464 e. The Balaban J connectivity index is 2.74. The molecule has 0 fully saturated rings. The van der Waals surface area contributed by atoms with E-state index in [4.69, 9.17) is 9.68 Å². The normalized spacial score (nSPS) is 10.1. The third-order valence-electron chi connectivity index (χ3n) is 2.35. The fourth-order valence-corrected chi connectivity index (χ4v) is 3.69. The Hall–Kier alpha value is -0.550. The van der Waals surface area contributed by atoms with Crippen LogP contribution in [0.25, 0.3) is 11.3 Å². The van der Waals surface area contributed by atoms with E-state index in [0.717, 1.165) is 29.6 Å². The van der Waals surface area contributed by atoms with Crippen molar-refractivity contribution in [2.45, 2.75) is 6.92 Å². The van der Waals surface area contributed by atoms with Crippen LogP contribution in [0.4, 0.5) is 0 Å². The summed E-state index contributed by atoms with van der Waals surface area (Å²) in [6.07, 6.45) is 1.66. The summed E-state index contributed by atoms with van der Waals surface area (Å²) in [6, 6.07) is 7.91. The highest BCUT2D eigenvalue weighted by Crippen LogP contribution is 2.34. The standard InChI is InChI=1S/C12H7I2NO/c1-7-8(6-15)5-9(13)11(12(7)14)10-3-2-4-16-10/h2-5H,1H3. The Labute approximate surface area is 121 Å². The van der Waals surface area contributed by atoms with E-state index >= 15 is 0 Å². The van der Waals surface area contributed by atoms with Crippen LogP contribution in [0.2, 0.25) is 0 Å². The summed E-state index contributed by atoms with van der Waals surface area (Å²) in [4.78, 5) is 0. The van der Waals surface area contributed by atoms with Crippen LogP contribution in [0.15, 0.2) is 28.9 Å². The molecule has 0 N–H and O–H groups in total. The summed E-state index contributed by atoms with van der Waals surface area (Å²) < 4.78 is 7.54. The number of furan rings is 1. The van der Waals surface area contributed by atoms with Crippen molar-refractivity contribution in [1.82, 2.24) is 0 Å². The predicted octanol–water partition coefficient (Wildman–Crippen LogP) is 4.34. The second-order valence-corrected chi connectivity index (χ2v) is 5.55. The van der Waals surface area contributed by atoms with E-state index in [2.05, 4.69) is 51.3 Å². The van der Waals surface area contributed by atoms with Gasteiger partial charge in [-0.1, -0.05) is 0 Å². The zero-order valence-corrected chi connectivity index (χ0v) is 12.7. The molecule has 0 atom stereocenters. The average molecular weight is 435 g/mol. The van der Waals surface area contributed by atoms with E-state index in [1.807, 2.05) is 25.1 Å².